The summed E-state index contributed by atoms with van der Waals surface area (Å²) in [5, 5.41) is 9.00. The molecule has 1 aromatic heterocycles. The van der Waals surface area contributed by atoms with E-state index in [2.05, 4.69) is 35.1 Å². The molecule has 0 aliphatic carbocycles. The number of imidazole rings is 1. The molecule has 0 spiro atoms. The molecule has 0 bridgehead atoms. The predicted octanol–water partition coefficient (Wildman–Crippen LogP) is 3.50. The molecule has 0 atom stereocenters. The Balaban J connectivity index is 1.53. The number of ether oxygens (including phenoxy) is 1. The summed E-state index contributed by atoms with van der Waals surface area (Å²) in [6.45, 7) is 2.08. The minimum absolute atomic E-state index is 0.456. The molecule has 0 N–H and O–H groups in total. The summed E-state index contributed by atoms with van der Waals surface area (Å²) in [5.74, 6) is 1.73. The van der Waals surface area contributed by atoms with E-state index in [1.165, 1.54) is 5.56 Å². The van der Waals surface area contributed by atoms with Gasteiger partial charge >= 0.3 is 0 Å². The molecule has 2 aromatic carbocycles. The second-order valence-corrected chi connectivity index (χ2v) is 6.37. The molecule has 0 saturated heterocycles. The highest BCUT2D eigenvalue weighted by atomic mass is 16.5. The van der Waals surface area contributed by atoms with Crippen LogP contribution in [0.2, 0.25) is 0 Å². The smallest absolute Gasteiger partial charge is 0.146 e. The molecular formula is C21H22N4O. The molecule has 3 aromatic rings. The SMILES string of the molecule is CN(Cc1ccc(OCc2nccn2C)cc1)Cc1cccc(C#N)c1. The molecular weight excluding hydrogens is 324 g/mol. The van der Waals surface area contributed by atoms with E-state index in [1.807, 2.05) is 54.2 Å². The van der Waals surface area contributed by atoms with Gasteiger partial charge < -0.3 is 9.30 Å². The fraction of sp³-hybridized carbons (Fsp3) is 0.238. The van der Waals surface area contributed by atoms with Gasteiger partial charge in [0, 0.05) is 32.5 Å². The van der Waals surface area contributed by atoms with Crippen LogP contribution in [-0.4, -0.2) is 21.5 Å². The Labute approximate surface area is 154 Å². The molecule has 5 heteroatoms. The Morgan fingerprint density at radius 1 is 1.12 bits per heavy atom. The van der Waals surface area contributed by atoms with Crippen LogP contribution in [0.15, 0.2) is 60.9 Å². The molecule has 0 unspecified atom stereocenters. The number of rotatable bonds is 7. The van der Waals surface area contributed by atoms with E-state index in [4.69, 9.17) is 10.00 Å². The van der Waals surface area contributed by atoms with E-state index in [-0.39, 0.29) is 0 Å². The van der Waals surface area contributed by atoms with Gasteiger partial charge in [-0.05, 0) is 42.4 Å². The number of nitrogens with zero attached hydrogens (tertiary/aromatic N) is 4. The van der Waals surface area contributed by atoms with E-state index in [0.717, 1.165) is 30.2 Å². The first kappa shape index (κ1) is 17.7. The van der Waals surface area contributed by atoms with Crippen LogP contribution in [0.1, 0.15) is 22.5 Å². The van der Waals surface area contributed by atoms with Gasteiger partial charge in [-0.1, -0.05) is 24.3 Å². The maximum Gasteiger partial charge on any atom is 0.146 e. The van der Waals surface area contributed by atoms with Crippen molar-refractivity contribution in [3.8, 4) is 11.8 Å². The van der Waals surface area contributed by atoms with Gasteiger partial charge in [0.25, 0.3) is 0 Å². The zero-order chi connectivity index (χ0) is 18.4. The largest absolute Gasteiger partial charge is 0.486 e. The molecule has 0 aliphatic rings. The third kappa shape index (κ3) is 4.71. The number of benzene rings is 2. The minimum atomic E-state index is 0.456. The number of aromatic nitrogens is 2. The highest BCUT2D eigenvalue weighted by Gasteiger charge is 2.05. The van der Waals surface area contributed by atoms with Crippen LogP contribution in [0.3, 0.4) is 0 Å². The van der Waals surface area contributed by atoms with Gasteiger partial charge in [-0.2, -0.15) is 5.26 Å². The average molecular weight is 346 g/mol. The lowest BCUT2D eigenvalue weighted by atomic mass is 10.1. The topological polar surface area (TPSA) is 54.1 Å². The minimum Gasteiger partial charge on any atom is -0.486 e. The van der Waals surface area contributed by atoms with Crippen molar-refractivity contribution >= 4 is 0 Å². The highest BCUT2D eigenvalue weighted by molar-refractivity contribution is 5.33. The van der Waals surface area contributed by atoms with Crippen molar-refractivity contribution in [3.63, 3.8) is 0 Å². The Bertz CT molecular complexity index is 893. The lowest BCUT2D eigenvalue weighted by Crippen LogP contribution is -2.17. The van der Waals surface area contributed by atoms with Gasteiger partial charge in [0.05, 0.1) is 11.6 Å². The monoisotopic (exact) mass is 346 g/mol. The van der Waals surface area contributed by atoms with Gasteiger partial charge in [-0.25, -0.2) is 4.98 Å². The summed E-state index contributed by atoms with van der Waals surface area (Å²) in [7, 11) is 4.03. The zero-order valence-electron chi connectivity index (χ0n) is 15.1. The summed E-state index contributed by atoms with van der Waals surface area (Å²) in [4.78, 5) is 6.47. The number of nitriles is 1. The zero-order valence-corrected chi connectivity index (χ0v) is 15.1. The van der Waals surface area contributed by atoms with Crippen molar-refractivity contribution in [2.24, 2.45) is 7.05 Å². The third-order valence-electron chi connectivity index (χ3n) is 4.17. The normalized spacial score (nSPS) is 10.7. The van der Waals surface area contributed by atoms with E-state index in [1.54, 1.807) is 6.20 Å². The Morgan fingerprint density at radius 2 is 1.88 bits per heavy atom. The number of hydrogen-bond acceptors (Lipinski definition) is 4. The van der Waals surface area contributed by atoms with Crippen LogP contribution < -0.4 is 4.74 Å². The third-order valence-corrected chi connectivity index (χ3v) is 4.17. The molecule has 0 amide bonds. The van der Waals surface area contributed by atoms with Crippen LogP contribution in [0.25, 0.3) is 0 Å². The predicted molar refractivity (Wildman–Crippen MR) is 100 cm³/mol. The molecule has 0 saturated carbocycles. The van der Waals surface area contributed by atoms with Crippen molar-refractivity contribution in [1.29, 1.82) is 5.26 Å². The van der Waals surface area contributed by atoms with Gasteiger partial charge in [0.1, 0.15) is 18.2 Å². The standard InChI is InChI=1S/C21H22N4O/c1-24(15-19-5-3-4-18(12-19)13-22)14-17-6-8-20(9-7-17)26-16-21-23-10-11-25(21)2/h3-12H,14-16H2,1-2H3. The molecule has 0 aliphatic heterocycles. The summed E-state index contributed by atoms with van der Waals surface area (Å²) >= 11 is 0. The van der Waals surface area contributed by atoms with Crippen LogP contribution in [0.4, 0.5) is 0 Å². The molecule has 132 valence electrons. The van der Waals surface area contributed by atoms with E-state index in [9.17, 15) is 0 Å². The Hall–Kier alpha value is -3.10. The first-order chi connectivity index (χ1) is 12.6. The Morgan fingerprint density at radius 3 is 2.58 bits per heavy atom. The van der Waals surface area contributed by atoms with Crippen molar-refractivity contribution in [1.82, 2.24) is 14.5 Å². The fourth-order valence-electron chi connectivity index (χ4n) is 2.79. The van der Waals surface area contributed by atoms with Gasteiger partial charge in [0.15, 0.2) is 0 Å². The van der Waals surface area contributed by atoms with Crippen molar-refractivity contribution in [3.05, 3.63) is 83.4 Å². The van der Waals surface area contributed by atoms with Crippen LogP contribution >= 0.6 is 0 Å². The number of aryl methyl sites for hydroxylation is 1. The van der Waals surface area contributed by atoms with Crippen molar-refractivity contribution in [2.75, 3.05) is 7.05 Å². The Kier molecular flexibility index (Phi) is 5.67. The maximum absolute atomic E-state index is 9.00. The van der Waals surface area contributed by atoms with Crippen LogP contribution in [-0.2, 0) is 26.7 Å². The quantitative estimate of drug-likeness (QED) is 0.657. The number of hydrogen-bond donors (Lipinski definition) is 0. The first-order valence-electron chi connectivity index (χ1n) is 8.49. The second-order valence-electron chi connectivity index (χ2n) is 6.37. The molecule has 1 heterocycles. The lowest BCUT2D eigenvalue weighted by Gasteiger charge is -2.17. The molecule has 26 heavy (non-hydrogen) atoms. The van der Waals surface area contributed by atoms with Crippen LogP contribution in [0.5, 0.6) is 5.75 Å². The summed E-state index contributed by atoms with van der Waals surface area (Å²) in [6, 6.07) is 18.1. The van der Waals surface area contributed by atoms with Crippen molar-refractivity contribution in [2.45, 2.75) is 19.7 Å². The molecule has 0 fully saturated rings. The lowest BCUT2D eigenvalue weighted by molar-refractivity contribution is 0.291. The highest BCUT2D eigenvalue weighted by Crippen LogP contribution is 2.16. The van der Waals surface area contributed by atoms with E-state index < -0.39 is 0 Å². The van der Waals surface area contributed by atoms with Crippen molar-refractivity contribution < 1.29 is 4.74 Å². The molecule has 5 nitrogen and oxygen atoms in total. The van der Waals surface area contributed by atoms with Gasteiger partial charge in [-0.3, -0.25) is 4.90 Å². The average Bonchev–Trinajstić information content (AvgIpc) is 3.06. The van der Waals surface area contributed by atoms with Gasteiger partial charge in [0.2, 0.25) is 0 Å². The van der Waals surface area contributed by atoms with Gasteiger partial charge in [-0.15, -0.1) is 0 Å². The van der Waals surface area contributed by atoms with Crippen LogP contribution in [0, 0.1) is 11.3 Å². The maximum atomic E-state index is 9.00. The fourth-order valence-corrected chi connectivity index (χ4v) is 2.79. The van der Waals surface area contributed by atoms with E-state index >= 15 is 0 Å². The summed E-state index contributed by atoms with van der Waals surface area (Å²) in [5.41, 5.74) is 3.06. The molecule has 3 rings (SSSR count). The van der Waals surface area contributed by atoms with E-state index in [0.29, 0.717) is 12.2 Å². The summed E-state index contributed by atoms with van der Waals surface area (Å²) in [6.07, 6.45) is 3.67. The summed E-state index contributed by atoms with van der Waals surface area (Å²) < 4.78 is 7.73. The molecule has 0 radical (unpaired) electrons. The first-order valence-corrected chi connectivity index (χ1v) is 8.49. The second kappa shape index (κ2) is 8.32.